The second-order valence-electron chi connectivity index (χ2n) is 5.83. The van der Waals surface area contributed by atoms with E-state index in [-0.39, 0.29) is 11.5 Å². The molecule has 0 amide bonds. The fourth-order valence-electron chi connectivity index (χ4n) is 1.86. The highest BCUT2D eigenvalue weighted by atomic mass is 35.5. The molecular weight excluding hydrogens is 218 g/mol. The molecule has 1 atom stereocenters. The van der Waals surface area contributed by atoms with Gasteiger partial charge in [-0.3, -0.25) is 0 Å². The molecule has 2 heteroatoms. The second kappa shape index (κ2) is 4.77. The lowest BCUT2D eigenvalue weighted by Crippen LogP contribution is -2.19. The number of benzene rings is 1. The lowest BCUT2D eigenvalue weighted by Gasteiger charge is -2.24. The molecular formula is C14H22ClN. The Morgan fingerprint density at radius 2 is 1.69 bits per heavy atom. The van der Waals surface area contributed by atoms with Crippen LogP contribution in [-0.2, 0) is 0 Å². The predicted octanol–water partition coefficient (Wildman–Crippen LogP) is 4.39. The summed E-state index contributed by atoms with van der Waals surface area (Å²) in [5.41, 5.74) is 9.98. The molecule has 1 nitrogen and oxygen atoms in total. The van der Waals surface area contributed by atoms with E-state index in [0.29, 0.717) is 0 Å². The van der Waals surface area contributed by atoms with Crippen molar-refractivity contribution in [1.29, 1.82) is 0 Å². The molecule has 1 unspecified atom stereocenters. The van der Waals surface area contributed by atoms with E-state index in [1.807, 2.05) is 6.07 Å². The third-order valence-corrected chi connectivity index (χ3v) is 3.17. The van der Waals surface area contributed by atoms with Gasteiger partial charge in [-0.1, -0.05) is 38.4 Å². The van der Waals surface area contributed by atoms with Gasteiger partial charge >= 0.3 is 0 Å². The second-order valence-corrected chi connectivity index (χ2v) is 6.24. The highest BCUT2D eigenvalue weighted by Crippen LogP contribution is 2.32. The number of rotatable bonds is 2. The highest BCUT2D eigenvalue weighted by Gasteiger charge is 2.19. The first-order valence-corrected chi connectivity index (χ1v) is 6.11. The van der Waals surface area contributed by atoms with Gasteiger partial charge in [-0.25, -0.2) is 0 Å². The molecule has 0 heterocycles. The zero-order valence-corrected chi connectivity index (χ0v) is 11.7. The van der Waals surface area contributed by atoms with Crippen LogP contribution in [0.3, 0.4) is 0 Å². The lowest BCUT2D eigenvalue weighted by molar-refractivity contribution is 0.343. The SMILES string of the molecule is Cc1cc(Cl)c(C(N)CC(C)(C)C)cc1C. The summed E-state index contributed by atoms with van der Waals surface area (Å²) in [5, 5.41) is 0.792. The summed E-state index contributed by atoms with van der Waals surface area (Å²) in [5.74, 6) is 0. The van der Waals surface area contributed by atoms with Crippen LogP contribution >= 0.6 is 11.6 Å². The van der Waals surface area contributed by atoms with Gasteiger partial charge < -0.3 is 5.73 Å². The van der Waals surface area contributed by atoms with Crippen molar-refractivity contribution >= 4 is 11.6 Å². The standard InChI is InChI=1S/C14H22ClN/c1-9-6-11(12(15)7-10(9)2)13(16)8-14(3,4)5/h6-7,13H,8,16H2,1-5H3. The Balaban J connectivity index is 3.00. The molecule has 0 fully saturated rings. The number of halogens is 1. The maximum Gasteiger partial charge on any atom is 0.0456 e. The van der Waals surface area contributed by atoms with E-state index < -0.39 is 0 Å². The smallest absolute Gasteiger partial charge is 0.0456 e. The van der Waals surface area contributed by atoms with Crippen molar-refractivity contribution < 1.29 is 0 Å². The van der Waals surface area contributed by atoms with Crippen molar-refractivity contribution in [3.8, 4) is 0 Å². The van der Waals surface area contributed by atoms with Gasteiger partial charge in [-0.05, 0) is 48.4 Å². The molecule has 0 spiro atoms. The first kappa shape index (κ1) is 13.5. The Bertz CT molecular complexity index is 377. The summed E-state index contributed by atoms with van der Waals surface area (Å²) in [6.45, 7) is 10.8. The van der Waals surface area contributed by atoms with Gasteiger partial charge in [0.15, 0.2) is 0 Å². The van der Waals surface area contributed by atoms with Gasteiger partial charge in [0, 0.05) is 11.1 Å². The van der Waals surface area contributed by atoms with Crippen molar-refractivity contribution in [2.75, 3.05) is 0 Å². The number of hydrogen-bond donors (Lipinski definition) is 1. The Hall–Kier alpha value is -0.530. The molecule has 0 saturated heterocycles. The zero-order chi connectivity index (χ0) is 12.5. The Labute approximate surface area is 104 Å². The van der Waals surface area contributed by atoms with Gasteiger partial charge in [0.2, 0.25) is 0 Å². The van der Waals surface area contributed by atoms with E-state index in [1.54, 1.807) is 0 Å². The molecule has 0 aliphatic rings. The maximum atomic E-state index is 6.25. The summed E-state index contributed by atoms with van der Waals surface area (Å²) in [6.07, 6.45) is 0.940. The molecule has 1 aromatic rings. The van der Waals surface area contributed by atoms with Crippen LogP contribution in [0.4, 0.5) is 0 Å². The summed E-state index contributed by atoms with van der Waals surface area (Å²) in [4.78, 5) is 0. The average Bonchev–Trinajstić information content (AvgIpc) is 2.08. The Morgan fingerprint density at radius 3 is 2.19 bits per heavy atom. The monoisotopic (exact) mass is 239 g/mol. The minimum atomic E-state index is 0.0202. The topological polar surface area (TPSA) is 26.0 Å². The molecule has 16 heavy (non-hydrogen) atoms. The molecule has 1 rings (SSSR count). The van der Waals surface area contributed by atoms with Gasteiger partial charge in [0.25, 0.3) is 0 Å². The maximum absolute atomic E-state index is 6.25. The quantitative estimate of drug-likeness (QED) is 0.814. The molecule has 0 saturated carbocycles. The van der Waals surface area contributed by atoms with E-state index in [2.05, 4.69) is 40.7 Å². The van der Waals surface area contributed by atoms with Crippen LogP contribution in [0.1, 0.15) is 49.9 Å². The summed E-state index contributed by atoms with van der Waals surface area (Å²) < 4.78 is 0. The van der Waals surface area contributed by atoms with E-state index in [0.717, 1.165) is 17.0 Å². The fourth-order valence-corrected chi connectivity index (χ4v) is 2.22. The molecule has 0 aromatic heterocycles. The zero-order valence-electron chi connectivity index (χ0n) is 10.9. The summed E-state index contributed by atoms with van der Waals surface area (Å²) >= 11 is 6.25. The lowest BCUT2D eigenvalue weighted by atomic mass is 9.85. The highest BCUT2D eigenvalue weighted by molar-refractivity contribution is 6.31. The number of aryl methyl sites for hydroxylation is 2. The Morgan fingerprint density at radius 1 is 1.19 bits per heavy atom. The van der Waals surface area contributed by atoms with Gasteiger partial charge in [-0.15, -0.1) is 0 Å². The Kier molecular flexibility index (Phi) is 4.03. The first-order valence-electron chi connectivity index (χ1n) is 5.73. The van der Waals surface area contributed by atoms with E-state index in [9.17, 15) is 0 Å². The molecule has 0 radical (unpaired) electrons. The largest absolute Gasteiger partial charge is 0.324 e. The molecule has 2 N–H and O–H groups in total. The summed E-state index contributed by atoms with van der Waals surface area (Å²) in [6, 6.07) is 4.15. The van der Waals surface area contributed by atoms with Crippen molar-refractivity contribution in [3.05, 3.63) is 33.8 Å². The van der Waals surface area contributed by atoms with Crippen molar-refractivity contribution in [2.24, 2.45) is 11.1 Å². The molecule has 0 aliphatic carbocycles. The van der Waals surface area contributed by atoms with Gasteiger partial charge in [0.1, 0.15) is 0 Å². The number of nitrogens with two attached hydrogens (primary N) is 1. The average molecular weight is 240 g/mol. The van der Waals surface area contributed by atoms with Gasteiger partial charge in [-0.2, -0.15) is 0 Å². The molecule has 1 aromatic carbocycles. The molecule has 90 valence electrons. The molecule has 0 aliphatic heterocycles. The third kappa shape index (κ3) is 3.50. The van der Waals surface area contributed by atoms with E-state index in [1.165, 1.54) is 11.1 Å². The van der Waals surface area contributed by atoms with Crippen molar-refractivity contribution in [1.82, 2.24) is 0 Å². The van der Waals surface area contributed by atoms with Crippen LogP contribution in [0.2, 0.25) is 5.02 Å². The van der Waals surface area contributed by atoms with Crippen LogP contribution in [-0.4, -0.2) is 0 Å². The minimum absolute atomic E-state index is 0.0202. The normalized spacial score (nSPS) is 13.9. The minimum Gasteiger partial charge on any atom is -0.324 e. The van der Waals surface area contributed by atoms with Crippen LogP contribution < -0.4 is 5.73 Å². The van der Waals surface area contributed by atoms with Crippen LogP contribution in [0, 0.1) is 19.3 Å². The van der Waals surface area contributed by atoms with Crippen LogP contribution in [0.25, 0.3) is 0 Å². The van der Waals surface area contributed by atoms with Crippen LogP contribution in [0.15, 0.2) is 12.1 Å². The predicted molar refractivity (Wildman–Crippen MR) is 71.9 cm³/mol. The van der Waals surface area contributed by atoms with E-state index in [4.69, 9.17) is 17.3 Å². The summed E-state index contributed by atoms with van der Waals surface area (Å²) in [7, 11) is 0. The van der Waals surface area contributed by atoms with Crippen molar-refractivity contribution in [3.63, 3.8) is 0 Å². The van der Waals surface area contributed by atoms with Crippen molar-refractivity contribution in [2.45, 2.75) is 47.1 Å². The van der Waals surface area contributed by atoms with Crippen LogP contribution in [0.5, 0.6) is 0 Å². The van der Waals surface area contributed by atoms with Gasteiger partial charge in [0.05, 0.1) is 0 Å². The number of hydrogen-bond acceptors (Lipinski definition) is 1. The first-order chi connectivity index (χ1) is 7.20. The molecule has 0 bridgehead atoms. The van der Waals surface area contributed by atoms with E-state index >= 15 is 0 Å². The third-order valence-electron chi connectivity index (χ3n) is 2.84. The fraction of sp³-hybridized carbons (Fsp3) is 0.571.